The molecule has 0 saturated heterocycles. The van der Waals surface area contributed by atoms with Gasteiger partial charge in [-0.15, -0.1) is 0 Å². The van der Waals surface area contributed by atoms with E-state index in [0.29, 0.717) is 0 Å². The van der Waals surface area contributed by atoms with Crippen LogP contribution in [0.4, 0.5) is 17.1 Å². The lowest BCUT2D eigenvalue weighted by Crippen LogP contribution is -2.26. The van der Waals surface area contributed by atoms with Crippen molar-refractivity contribution in [2.75, 3.05) is 4.90 Å². The first-order valence-corrected chi connectivity index (χ1v) is 23.2. The van der Waals surface area contributed by atoms with E-state index in [1.54, 1.807) is 0 Å². The zero-order valence-corrected chi connectivity index (χ0v) is 36.5. The number of nitrogens with zero attached hydrogens (tertiary/aromatic N) is 1. The summed E-state index contributed by atoms with van der Waals surface area (Å²) in [5.41, 5.74) is 21.9. The molecular weight excluding hydrogens is 811 g/mol. The SMILES string of the molecule is c1ccc(-c2ccc3c(c2)C2(c4ccccc4-c4ccc(N(c5ccc(-c6cccc7ccccc67)cc5)c5ccc6c(c5)oc5ccccc56)cc42)c2cc(-c4ccccc4)ccc2-3)cc1. The van der Waals surface area contributed by atoms with Crippen molar-refractivity contribution in [2.45, 2.75) is 5.41 Å². The molecule has 0 fully saturated rings. The van der Waals surface area contributed by atoms with Gasteiger partial charge in [0.05, 0.1) is 5.41 Å². The smallest absolute Gasteiger partial charge is 0.137 e. The Kier molecular flexibility index (Phi) is 8.23. The largest absolute Gasteiger partial charge is 0.456 e. The minimum absolute atomic E-state index is 0.589. The molecule has 0 radical (unpaired) electrons. The van der Waals surface area contributed by atoms with Gasteiger partial charge in [0.25, 0.3) is 0 Å². The molecule has 1 spiro atoms. The van der Waals surface area contributed by atoms with Crippen LogP contribution in [0.25, 0.3) is 88.3 Å². The van der Waals surface area contributed by atoms with Crippen LogP contribution in [0.1, 0.15) is 22.3 Å². The van der Waals surface area contributed by atoms with E-state index < -0.39 is 5.41 Å². The standard InChI is InChI=1S/C65H41NO/c1-3-14-42(15-4-1)46-28-34-54-55-35-29-47(43-16-5-2-6-17-43)39-61(55)65(60(54)38-46)59-24-11-9-21-53(59)56-36-32-49(40-62(56)65)66(50-33-37-58-57-22-10-12-25-63(57)67-64(58)41-50)48-30-26-45(27-31-48)52-23-13-19-44-18-7-8-20-51(44)52/h1-41H. The molecule has 0 N–H and O–H groups in total. The third-order valence-electron chi connectivity index (χ3n) is 14.5. The normalized spacial score (nSPS) is 12.9. The van der Waals surface area contributed by atoms with Crippen molar-refractivity contribution in [2.24, 2.45) is 0 Å². The quantitative estimate of drug-likeness (QED) is 0.166. The fourth-order valence-electron chi connectivity index (χ4n) is 11.5. The van der Waals surface area contributed by atoms with E-state index in [1.807, 2.05) is 6.07 Å². The molecule has 0 atom stereocenters. The van der Waals surface area contributed by atoms with Crippen LogP contribution in [0.15, 0.2) is 253 Å². The van der Waals surface area contributed by atoms with Crippen molar-refractivity contribution in [1.82, 2.24) is 0 Å². The van der Waals surface area contributed by atoms with Crippen molar-refractivity contribution in [3.05, 3.63) is 271 Å². The molecular formula is C65H41NO. The molecule has 0 aliphatic heterocycles. The molecule has 2 nitrogen and oxygen atoms in total. The van der Waals surface area contributed by atoms with E-state index in [4.69, 9.17) is 4.42 Å². The Balaban J connectivity index is 1.02. The van der Waals surface area contributed by atoms with Gasteiger partial charge in [-0.2, -0.15) is 0 Å². The molecule has 1 heterocycles. The summed E-state index contributed by atoms with van der Waals surface area (Å²) in [6, 6.07) is 91.5. The summed E-state index contributed by atoms with van der Waals surface area (Å²) in [6.07, 6.45) is 0. The maximum atomic E-state index is 6.57. The monoisotopic (exact) mass is 851 g/mol. The maximum Gasteiger partial charge on any atom is 0.137 e. The molecule has 0 amide bonds. The average Bonchev–Trinajstić information content (AvgIpc) is 4.02. The van der Waals surface area contributed by atoms with Crippen molar-refractivity contribution >= 4 is 49.8 Å². The highest BCUT2D eigenvalue weighted by Gasteiger charge is 2.52. The molecule has 0 bridgehead atoms. The van der Waals surface area contributed by atoms with Gasteiger partial charge >= 0.3 is 0 Å². The summed E-state index contributed by atoms with van der Waals surface area (Å²) in [5, 5.41) is 4.71. The minimum atomic E-state index is -0.589. The van der Waals surface area contributed by atoms with Gasteiger partial charge in [-0.3, -0.25) is 0 Å². The van der Waals surface area contributed by atoms with Crippen LogP contribution in [0.3, 0.4) is 0 Å². The summed E-state index contributed by atoms with van der Waals surface area (Å²) < 4.78 is 6.57. The third-order valence-corrected chi connectivity index (χ3v) is 14.5. The maximum absolute atomic E-state index is 6.57. The van der Waals surface area contributed by atoms with E-state index >= 15 is 0 Å². The minimum Gasteiger partial charge on any atom is -0.456 e. The van der Waals surface area contributed by atoms with Crippen LogP contribution in [-0.2, 0) is 5.41 Å². The number of hydrogen-bond acceptors (Lipinski definition) is 2. The third kappa shape index (κ3) is 5.63. The summed E-state index contributed by atoms with van der Waals surface area (Å²) in [6.45, 7) is 0. The molecule has 12 aromatic rings. The topological polar surface area (TPSA) is 16.4 Å². The Morgan fingerprint density at radius 1 is 0.269 bits per heavy atom. The molecule has 0 saturated carbocycles. The Morgan fingerprint density at radius 2 is 0.761 bits per heavy atom. The van der Waals surface area contributed by atoms with Crippen molar-refractivity contribution in [3.8, 4) is 55.6 Å². The number of para-hydroxylation sites is 1. The van der Waals surface area contributed by atoms with Gasteiger partial charge < -0.3 is 9.32 Å². The molecule has 67 heavy (non-hydrogen) atoms. The number of benzene rings is 11. The van der Waals surface area contributed by atoms with Crippen LogP contribution in [0.5, 0.6) is 0 Å². The fourth-order valence-corrected chi connectivity index (χ4v) is 11.5. The molecule has 2 aliphatic carbocycles. The number of furan rings is 1. The van der Waals surface area contributed by atoms with Gasteiger partial charge in [0.1, 0.15) is 11.2 Å². The van der Waals surface area contributed by atoms with Crippen LogP contribution in [0.2, 0.25) is 0 Å². The van der Waals surface area contributed by atoms with Gasteiger partial charge in [0, 0.05) is 33.9 Å². The van der Waals surface area contributed by atoms with Gasteiger partial charge in [-0.05, 0) is 143 Å². The summed E-state index contributed by atoms with van der Waals surface area (Å²) >= 11 is 0. The Hall–Kier alpha value is -8.72. The van der Waals surface area contributed by atoms with Crippen LogP contribution in [0, 0.1) is 0 Å². The number of fused-ring (bicyclic) bond motifs is 14. The summed E-state index contributed by atoms with van der Waals surface area (Å²) in [4.78, 5) is 2.41. The van der Waals surface area contributed by atoms with Crippen molar-refractivity contribution in [1.29, 1.82) is 0 Å². The number of hydrogen-bond donors (Lipinski definition) is 0. The average molecular weight is 852 g/mol. The lowest BCUT2D eigenvalue weighted by molar-refractivity contribution is 0.669. The second-order valence-electron chi connectivity index (χ2n) is 18.0. The highest BCUT2D eigenvalue weighted by molar-refractivity contribution is 6.06. The second kappa shape index (κ2) is 14.7. The molecule has 14 rings (SSSR count). The Morgan fingerprint density at radius 3 is 1.49 bits per heavy atom. The van der Waals surface area contributed by atoms with Gasteiger partial charge in [0.2, 0.25) is 0 Å². The first-order valence-electron chi connectivity index (χ1n) is 23.2. The zero-order valence-electron chi connectivity index (χ0n) is 36.5. The molecule has 1 aromatic heterocycles. The number of rotatable bonds is 6. The molecule has 0 unspecified atom stereocenters. The van der Waals surface area contributed by atoms with Crippen molar-refractivity contribution in [3.63, 3.8) is 0 Å². The molecule has 312 valence electrons. The van der Waals surface area contributed by atoms with Gasteiger partial charge in [-0.1, -0.05) is 188 Å². The lowest BCUT2D eigenvalue weighted by Gasteiger charge is -2.32. The Labute approximate surface area is 389 Å². The predicted molar refractivity (Wildman–Crippen MR) is 279 cm³/mol. The summed E-state index contributed by atoms with van der Waals surface area (Å²) in [5.74, 6) is 0. The van der Waals surface area contributed by atoms with E-state index in [2.05, 4.69) is 248 Å². The first kappa shape index (κ1) is 37.6. The number of anilines is 3. The van der Waals surface area contributed by atoms with E-state index in [1.165, 1.54) is 88.7 Å². The van der Waals surface area contributed by atoms with E-state index in [-0.39, 0.29) is 0 Å². The second-order valence-corrected chi connectivity index (χ2v) is 18.0. The summed E-state index contributed by atoms with van der Waals surface area (Å²) in [7, 11) is 0. The van der Waals surface area contributed by atoms with Gasteiger partial charge in [0.15, 0.2) is 0 Å². The molecule has 2 heteroatoms. The highest BCUT2D eigenvalue weighted by Crippen LogP contribution is 2.64. The zero-order chi connectivity index (χ0) is 44.1. The van der Waals surface area contributed by atoms with Crippen LogP contribution in [-0.4, -0.2) is 0 Å². The van der Waals surface area contributed by atoms with Crippen molar-refractivity contribution < 1.29 is 4.42 Å². The van der Waals surface area contributed by atoms with Crippen LogP contribution < -0.4 is 4.90 Å². The van der Waals surface area contributed by atoms with Gasteiger partial charge in [-0.25, -0.2) is 0 Å². The van der Waals surface area contributed by atoms with Crippen LogP contribution >= 0.6 is 0 Å². The first-order chi connectivity index (χ1) is 33.2. The van der Waals surface area contributed by atoms with E-state index in [0.717, 1.165) is 39.0 Å². The predicted octanol–water partition coefficient (Wildman–Crippen LogP) is 17.6. The molecule has 2 aliphatic rings. The fraction of sp³-hybridized carbons (Fsp3) is 0.0154. The van der Waals surface area contributed by atoms with E-state index in [9.17, 15) is 0 Å². The Bertz CT molecular complexity index is 3820. The lowest BCUT2D eigenvalue weighted by atomic mass is 9.69. The highest BCUT2D eigenvalue weighted by atomic mass is 16.3. The molecule has 11 aromatic carbocycles.